The summed E-state index contributed by atoms with van der Waals surface area (Å²) >= 11 is 0.738. The lowest BCUT2D eigenvalue weighted by atomic mass is 10.1. The molecule has 1 atom stereocenters. The lowest BCUT2D eigenvalue weighted by molar-refractivity contribution is -0.0878. The summed E-state index contributed by atoms with van der Waals surface area (Å²) in [6.45, 7) is 0. The third-order valence-corrected chi connectivity index (χ3v) is 3.71. The Bertz CT molecular complexity index is 438. The van der Waals surface area contributed by atoms with E-state index >= 15 is 0 Å². The monoisotopic (exact) mass is 326 g/mol. The Labute approximate surface area is 123 Å². The van der Waals surface area contributed by atoms with Crippen molar-refractivity contribution in [3.05, 3.63) is 35.9 Å². The Morgan fingerprint density at radius 2 is 1.71 bits per heavy atom. The molecule has 0 radical (unpaired) electrons. The highest BCUT2D eigenvalue weighted by atomic mass is 32.2. The molecule has 1 nitrogen and oxygen atoms in total. The summed E-state index contributed by atoms with van der Waals surface area (Å²) in [5, 5.41) is -0.335. The summed E-state index contributed by atoms with van der Waals surface area (Å²) in [5.74, 6) is -3.91. The Hall–Kier alpha value is -1.11. The number of carbonyl (C=O) groups is 1. The number of halogens is 5. The molecular weight excluding hydrogens is 311 g/mol. The quantitative estimate of drug-likeness (QED) is 0.628. The van der Waals surface area contributed by atoms with Crippen molar-refractivity contribution in [1.82, 2.24) is 0 Å². The molecule has 1 aromatic carbocycles. The molecule has 1 unspecified atom stereocenters. The predicted octanol–water partition coefficient (Wildman–Crippen LogP) is 4.97. The summed E-state index contributed by atoms with van der Waals surface area (Å²) in [4.78, 5) is 11.6. The van der Waals surface area contributed by atoms with Crippen LogP contribution >= 0.6 is 11.8 Å². The Morgan fingerprint density at radius 1 is 1.10 bits per heavy atom. The number of alkyl halides is 5. The molecule has 1 rings (SSSR count). The molecule has 0 aromatic heterocycles. The molecule has 7 heteroatoms. The molecule has 0 aliphatic heterocycles. The number of rotatable bonds is 8. The Morgan fingerprint density at radius 3 is 2.29 bits per heavy atom. The van der Waals surface area contributed by atoms with Crippen molar-refractivity contribution in [2.75, 3.05) is 5.75 Å². The van der Waals surface area contributed by atoms with Crippen LogP contribution in [0.4, 0.5) is 22.0 Å². The van der Waals surface area contributed by atoms with Crippen LogP contribution in [-0.2, 0) is 0 Å². The van der Waals surface area contributed by atoms with Gasteiger partial charge in [-0.1, -0.05) is 42.1 Å². The zero-order valence-electron chi connectivity index (χ0n) is 11.1. The van der Waals surface area contributed by atoms with Crippen molar-refractivity contribution in [1.29, 1.82) is 0 Å². The molecular formula is C14H15F5OS. The molecule has 21 heavy (non-hydrogen) atoms. The SMILES string of the molecule is O=C(SCCC(F)C(F)(F)CCC(F)F)c1ccccc1. The average Bonchev–Trinajstić information content (AvgIpc) is 2.46. The van der Waals surface area contributed by atoms with E-state index in [2.05, 4.69) is 0 Å². The van der Waals surface area contributed by atoms with E-state index in [1.807, 2.05) is 0 Å². The van der Waals surface area contributed by atoms with Crippen molar-refractivity contribution in [2.24, 2.45) is 0 Å². The normalized spacial score (nSPS) is 13.4. The van der Waals surface area contributed by atoms with Gasteiger partial charge in [0.1, 0.15) is 0 Å². The minimum Gasteiger partial charge on any atom is -0.282 e. The van der Waals surface area contributed by atoms with E-state index in [4.69, 9.17) is 0 Å². The molecule has 118 valence electrons. The van der Waals surface area contributed by atoms with Crippen molar-refractivity contribution in [3.63, 3.8) is 0 Å². The van der Waals surface area contributed by atoms with E-state index in [-0.39, 0.29) is 10.9 Å². The largest absolute Gasteiger partial charge is 0.282 e. The molecule has 0 bridgehead atoms. The smallest absolute Gasteiger partial charge is 0.278 e. The van der Waals surface area contributed by atoms with Gasteiger partial charge in [0.15, 0.2) is 6.17 Å². The summed E-state index contributed by atoms with van der Waals surface area (Å²) < 4.78 is 63.5. The van der Waals surface area contributed by atoms with Crippen molar-refractivity contribution in [3.8, 4) is 0 Å². The molecule has 0 aliphatic rings. The second-order valence-corrected chi connectivity index (χ2v) is 5.52. The molecule has 0 fully saturated rings. The minimum atomic E-state index is -3.78. The highest BCUT2D eigenvalue weighted by Gasteiger charge is 2.39. The summed E-state index contributed by atoms with van der Waals surface area (Å²) in [6.07, 6.45) is -8.18. The highest BCUT2D eigenvalue weighted by Crippen LogP contribution is 2.31. The van der Waals surface area contributed by atoms with Crippen LogP contribution in [0.5, 0.6) is 0 Å². The highest BCUT2D eigenvalue weighted by molar-refractivity contribution is 8.14. The lowest BCUT2D eigenvalue weighted by Crippen LogP contribution is -2.31. The van der Waals surface area contributed by atoms with Gasteiger partial charge in [-0.25, -0.2) is 22.0 Å². The van der Waals surface area contributed by atoms with Gasteiger partial charge in [-0.2, -0.15) is 0 Å². The summed E-state index contributed by atoms with van der Waals surface area (Å²) in [6, 6.07) is 8.18. The van der Waals surface area contributed by atoms with Crippen LogP contribution in [0.25, 0.3) is 0 Å². The van der Waals surface area contributed by atoms with Gasteiger partial charge in [-0.15, -0.1) is 0 Å². The van der Waals surface area contributed by atoms with Gasteiger partial charge in [0.2, 0.25) is 11.5 Å². The number of hydrogen-bond donors (Lipinski definition) is 0. The standard InChI is InChI=1S/C14H15F5OS/c15-11(14(18,19)8-6-12(16)17)7-9-21-13(20)10-4-2-1-3-5-10/h1-5,11-12H,6-9H2. The van der Waals surface area contributed by atoms with Crippen LogP contribution in [0.15, 0.2) is 30.3 Å². The molecule has 0 heterocycles. The first-order chi connectivity index (χ1) is 9.83. The fourth-order valence-corrected chi connectivity index (χ4v) is 2.39. The topological polar surface area (TPSA) is 17.1 Å². The maximum Gasteiger partial charge on any atom is 0.278 e. The van der Waals surface area contributed by atoms with E-state index in [1.54, 1.807) is 30.3 Å². The van der Waals surface area contributed by atoms with E-state index in [0.717, 1.165) is 11.8 Å². The number of hydrogen-bond acceptors (Lipinski definition) is 2. The van der Waals surface area contributed by atoms with Crippen LogP contribution < -0.4 is 0 Å². The summed E-state index contributed by atoms with van der Waals surface area (Å²) in [5.41, 5.74) is 0.405. The fourth-order valence-electron chi connectivity index (χ4n) is 1.58. The predicted molar refractivity (Wildman–Crippen MR) is 72.9 cm³/mol. The van der Waals surface area contributed by atoms with E-state index in [1.165, 1.54) is 0 Å². The van der Waals surface area contributed by atoms with Crippen molar-refractivity contribution >= 4 is 16.9 Å². The Balaban J connectivity index is 2.36. The number of benzene rings is 1. The van der Waals surface area contributed by atoms with Crippen molar-refractivity contribution in [2.45, 2.75) is 37.8 Å². The average molecular weight is 326 g/mol. The van der Waals surface area contributed by atoms with Crippen LogP contribution in [0.1, 0.15) is 29.6 Å². The molecule has 0 amide bonds. The molecule has 0 aliphatic carbocycles. The molecule has 0 N–H and O–H groups in total. The third-order valence-electron chi connectivity index (χ3n) is 2.77. The third kappa shape index (κ3) is 6.46. The van der Waals surface area contributed by atoms with Gasteiger partial charge < -0.3 is 0 Å². The second kappa shape index (κ2) is 8.36. The maximum absolute atomic E-state index is 13.4. The molecule has 0 saturated carbocycles. The van der Waals surface area contributed by atoms with Gasteiger partial charge in [0.25, 0.3) is 5.92 Å². The number of thioether (sulfide) groups is 1. The minimum absolute atomic E-state index is 0.126. The van der Waals surface area contributed by atoms with Crippen molar-refractivity contribution < 1.29 is 26.7 Å². The van der Waals surface area contributed by atoms with Gasteiger partial charge in [0.05, 0.1) is 0 Å². The zero-order valence-corrected chi connectivity index (χ0v) is 11.9. The van der Waals surface area contributed by atoms with E-state index in [9.17, 15) is 26.7 Å². The van der Waals surface area contributed by atoms with Gasteiger partial charge in [-0.3, -0.25) is 4.79 Å². The van der Waals surface area contributed by atoms with Gasteiger partial charge >= 0.3 is 0 Å². The zero-order chi connectivity index (χ0) is 15.9. The summed E-state index contributed by atoms with van der Waals surface area (Å²) in [7, 11) is 0. The van der Waals surface area contributed by atoms with Gasteiger partial charge in [-0.05, 0) is 6.42 Å². The fraction of sp³-hybridized carbons (Fsp3) is 0.500. The lowest BCUT2D eigenvalue weighted by Gasteiger charge is -2.20. The van der Waals surface area contributed by atoms with E-state index < -0.39 is 37.8 Å². The maximum atomic E-state index is 13.4. The molecule has 0 saturated heterocycles. The van der Waals surface area contributed by atoms with Crippen LogP contribution in [0, 0.1) is 0 Å². The van der Waals surface area contributed by atoms with Crippen LogP contribution in [-0.4, -0.2) is 29.4 Å². The Kier molecular flexibility index (Phi) is 7.14. The first-order valence-corrected chi connectivity index (χ1v) is 7.33. The molecule has 0 spiro atoms. The first-order valence-electron chi connectivity index (χ1n) is 6.35. The number of carbonyl (C=O) groups excluding carboxylic acids is 1. The van der Waals surface area contributed by atoms with Gasteiger partial charge in [0, 0.05) is 24.2 Å². The van der Waals surface area contributed by atoms with Crippen LogP contribution in [0.2, 0.25) is 0 Å². The molecule has 1 aromatic rings. The second-order valence-electron chi connectivity index (χ2n) is 4.45. The van der Waals surface area contributed by atoms with Crippen LogP contribution in [0.3, 0.4) is 0 Å². The van der Waals surface area contributed by atoms with E-state index in [0.29, 0.717) is 5.56 Å². The first kappa shape index (κ1) is 17.9.